The van der Waals surface area contributed by atoms with Crippen molar-refractivity contribution in [2.24, 2.45) is 17.1 Å². The Hall–Kier alpha value is -1.85. The number of carbonyl (C=O) groups is 2. The maximum atomic E-state index is 12.6. The third-order valence-electron chi connectivity index (χ3n) is 3.96. The predicted molar refractivity (Wildman–Crippen MR) is 72.8 cm³/mol. The van der Waals surface area contributed by atoms with Crippen LogP contribution in [-0.2, 0) is 4.79 Å². The van der Waals surface area contributed by atoms with Crippen molar-refractivity contribution < 1.29 is 19.1 Å². The number of rotatable bonds is 4. The number of hydrogen-bond donors (Lipinski definition) is 2. The molecule has 1 aromatic heterocycles. The summed E-state index contributed by atoms with van der Waals surface area (Å²) < 4.78 is 5.21. The fourth-order valence-electron chi connectivity index (χ4n) is 2.65. The number of nitrogens with two attached hydrogens (primary N) is 1. The summed E-state index contributed by atoms with van der Waals surface area (Å²) in [7, 11) is 0. The van der Waals surface area contributed by atoms with Crippen LogP contribution in [0.2, 0.25) is 5.02 Å². The molecule has 0 aliphatic heterocycles. The molecule has 0 amide bonds. The number of hydrogen-bond acceptors (Lipinski definition) is 4. The van der Waals surface area contributed by atoms with Gasteiger partial charge in [0.2, 0.25) is 0 Å². The van der Waals surface area contributed by atoms with E-state index < -0.39 is 17.3 Å². The minimum Gasteiger partial charge on any atom is -0.481 e. The van der Waals surface area contributed by atoms with Crippen LogP contribution in [0.25, 0.3) is 11.0 Å². The van der Waals surface area contributed by atoms with Crippen molar-refractivity contribution >= 4 is 34.3 Å². The molecule has 2 aromatic rings. The van der Waals surface area contributed by atoms with Crippen LogP contribution in [0.15, 0.2) is 28.9 Å². The molecule has 1 fully saturated rings. The number of Topliss-reactive ketones (excluding diaryl/α,β-unsaturated/α-hetero) is 1. The first-order valence-corrected chi connectivity index (χ1v) is 6.52. The summed E-state index contributed by atoms with van der Waals surface area (Å²) >= 11 is 6.07. The van der Waals surface area contributed by atoms with Crippen molar-refractivity contribution in [3.8, 4) is 0 Å². The van der Waals surface area contributed by atoms with Gasteiger partial charge in [0.1, 0.15) is 0 Å². The van der Waals surface area contributed by atoms with Crippen molar-refractivity contribution in [1.82, 2.24) is 0 Å². The Morgan fingerprint density at radius 2 is 2.25 bits per heavy atom. The first-order valence-electron chi connectivity index (χ1n) is 6.14. The summed E-state index contributed by atoms with van der Waals surface area (Å²) in [4.78, 5) is 23.6. The van der Waals surface area contributed by atoms with E-state index in [-0.39, 0.29) is 18.7 Å². The van der Waals surface area contributed by atoms with Crippen molar-refractivity contribution in [2.75, 3.05) is 6.54 Å². The predicted octanol–water partition coefficient (Wildman–Crippen LogP) is 2.32. The molecule has 3 N–H and O–H groups in total. The second-order valence-electron chi connectivity index (χ2n) is 5.08. The fraction of sp³-hybridized carbons (Fsp3) is 0.286. The van der Waals surface area contributed by atoms with Gasteiger partial charge in [-0.05, 0) is 24.6 Å². The van der Waals surface area contributed by atoms with Crippen LogP contribution in [-0.4, -0.2) is 23.4 Å². The lowest BCUT2D eigenvalue weighted by atomic mass is 9.91. The molecule has 2 unspecified atom stereocenters. The minimum atomic E-state index is -0.993. The van der Waals surface area contributed by atoms with Gasteiger partial charge in [0.25, 0.3) is 0 Å². The molecule has 0 radical (unpaired) electrons. The van der Waals surface area contributed by atoms with Crippen LogP contribution in [0.5, 0.6) is 0 Å². The number of fused-ring (bicyclic) bond motifs is 1. The van der Waals surface area contributed by atoms with E-state index in [1.807, 2.05) is 0 Å². The third-order valence-corrected chi connectivity index (χ3v) is 4.24. The summed E-state index contributed by atoms with van der Waals surface area (Å²) in [6.45, 7) is 0.0177. The molecular weight excluding hydrogens is 282 g/mol. The van der Waals surface area contributed by atoms with Gasteiger partial charge in [-0.25, -0.2) is 0 Å². The molecule has 6 heteroatoms. The highest BCUT2D eigenvalue weighted by atomic mass is 35.5. The molecule has 0 spiro atoms. The van der Waals surface area contributed by atoms with Gasteiger partial charge in [0.05, 0.1) is 22.6 Å². The molecule has 1 aliphatic carbocycles. The Kier molecular flexibility index (Phi) is 2.84. The number of halogens is 1. The van der Waals surface area contributed by atoms with Crippen molar-refractivity contribution in [3.05, 3.63) is 35.0 Å². The lowest BCUT2D eigenvalue weighted by Gasteiger charge is -2.13. The average Bonchev–Trinajstić information content (AvgIpc) is 3.00. The normalized spacial score (nSPS) is 24.8. The van der Waals surface area contributed by atoms with E-state index in [9.17, 15) is 9.59 Å². The zero-order chi connectivity index (χ0) is 14.5. The molecule has 0 saturated heterocycles. The number of carboxylic acids is 1. The molecule has 2 atom stereocenters. The van der Waals surface area contributed by atoms with E-state index >= 15 is 0 Å². The van der Waals surface area contributed by atoms with Crippen LogP contribution >= 0.6 is 11.6 Å². The van der Waals surface area contributed by atoms with Gasteiger partial charge >= 0.3 is 5.97 Å². The molecule has 0 bridgehead atoms. The molecule has 1 aliphatic rings. The standard InChI is InChI=1S/C14H12ClNO4/c15-10-4-8(3-7-1-2-20-11(7)10)12(17)14(6-16)5-9(14)13(18)19/h1-4,9H,5-6,16H2,(H,18,19). The quantitative estimate of drug-likeness (QED) is 0.844. The van der Waals surface area contributed by atoms with E-state index in [2.05, 4.69) is 0 Å². The minimum absolute atomic E-state index is 0.0177. The van der Waals surface area contributed by atoms with Crippen LogP contribution < -0.4 is 5.73 Å². The highest BCUT2D eigenvalue weighted by Crippen LogP contribution is 2.54. The number of aliphatic carboxylic acids is 1. The summed E-state index contributed by atoms with van der Waals surface area (Å²) in [6, 6.07) is 4.86. The van der Waals surface area contributed by atoms with Crippen LogP contribution in [0, 0.1) is 11.3 Å². The number of carboxylic acid groups (broad SMARTS) is 1. The molecule has 1 heterocycles. The van der Waals surface area contributed by atoms with Gasteiger partial charge in [-0.15, -0.1) is 0 Å². The van der Waals surface area contributed by atoms with Crippen LogP contribution in [0.3, 0.4) is 0 Å². The molecule has 5 nitrogen and oxygen atoms in total. The summed E-state index contributed by atoms with van der Waals surface area (Å²) in [6.07, 6.45) is 1.76. The van der Waals surface area contributed by atoms with E-state index in [0.29, 0.717) is 21.6 Å². The second kappa shape index (κ2) is 4.33. The number of ketones is 1. The van der Waals surface area contributed by atoms with E-state index in [4.69, 9.17) is 26.9 Å². The number of carbonyl (C=O) groups excluding carboxylic acids is 1. The topological polar surface area (TPSA) is 93.5 Å². The Bertz CT molecular complexity index is 723. The second-order valence-corrected chi connectivity index (χ2v) is 5.49. The van der Waals surface area contributed by atoms with Crippen molar-refractivity contribution in [3.63, 3.8) is 0 Å². The Balaban J connectivity index is 2.03. The molecule has 104 valence electrons. The fourth-order valence-corrected chi connectivity index (χ4v) is 2.93. The third kappa shape index (κ3) is 1.74. The van der Waals surface area contributed by atoms with Crippen LogP contribution in [0.4, 0.5) is 0 Å². The first-order chi connectivity index (χ1) is 9.49. The summed E-state index contributed by atoms with van der Waals surface area (Å²) in [5.74, 6) is -1.96. The SMILES string of the molecule is NCC1(C(=O)c2cc(Cl)c3occc3c2)CC1C(=O)O. The average molecular weight is 294 g/mol. The van der Waals surface area contributed by atoms with Crippen molar-refractivity contribution in [1.29, 1.82) is 0 Å². The maximum Gasteiger partial charge on any atom is 0.307 e. The monoisotopic (exact) mass is 293 g/mol. The molecule has 20 heavy (non-hydrogen) atoms. The van der Waals surface area contributed by atoms with Gasteiger partial charge < -0.3 is 15.3 Å². The van der Waals surface area contributed by atoms with Crippen molar-refractivity contribution in [2.45, 2.75) is 6.42 Å². The highest BCUT2D eigenvalue weighted by molar-refractivity contribution is 6.35. The zero-order valence-corrected chi connectivity index (χ0v) is 11.2. The lowest BCUT2D eigenvalue weighted by molar-refractivity contribution is -0.139. The van der Waals surface area contributed by atoms with Gasteiger partial charge in [-0.3, -0.25) is 9.59 Å². The van der Waals surface area contributed by atoms with E-state index in [0.717, 1.165) is 0 Å². The number of benzene rings is 1. The van der Waals surface area contributed by atoms with Gasteiger partial charge in [0, 0.05) is 17.5 Å². The van der Waals surface area contributed by atoms with Gasteiger partial charge in [-0.1, -0.05) is 11.6 Å². The Morgan fingerprint density at radius 3 is 2.85 bits per heavy atom. The molecule has 1 saturated carbocycles. The van der Waals surface area contributed by atoms with Gasteiger partial charge in [-0.2, -0.15) is 0 Å². The largest absolute Gasteiger partial charge is 0.481 e. The molecule has 1 aromatic carbocycles. The summed E-state index contributed by atoms with van der Waals surface area (Å²) in [5, 5.41) is 10.1. The van der Waals surface area contributed by atoms with E-state index in [1.54, 1.807) is 12.1 Å². The highest BCUT2D eigenvalue weighted by Gasteiger charge is 2.62. The maximum absolute atomic E-state index is 12.6. The van der Waals surface area contributed by atoms with Gasteiger partial charge in [0.15, 0.2) is 11.4 Å². The Labute approximate surface area is 119 Å². The number of furan rings is 1. The van der Waals surface area contributed by atoms with Crippen LogP contribution in [0.1, 0.15) is 16.8 Å². The lowest BCUT2D eigenvalue weighted by Crippen LogP contribution is -2.29. The van der Waals surface area contributed by atoms with E-state index in [1.165, 1.54) is 12.3 Å². The molecule has 3 rings (SSSR count). The Morgan fingerprint density at radius 1 is 1.50 bits per heavy atom. The first kappa shape index (κ1) is 13.1. The smallest absolute Gasteiger partial charge is 0.307 e. The summed E-state index contributed by atoms with van der Waals surface area (Å²) in [5.41, 5.74) is 5.52. The zero-order valence-electron chi connectivity index (χ0n) is 10.4. The molecular formula is C14H12ClNO4.